The summed E-state index contributed by atoms with van der Waals surface area (Å²) >= 11 is 23.5. The summed E-state index contributed by atoms with van der Waals surface area (Å²) in [6, 6.07) is 9.39. The predicted molar refractivity (Wildman–Crippen MR) is 113 cm³/mol. The van der Waals surface area contributed by atoms with Crippen LogP contribution in [0.4, 0.5) is 5.69 Å². The van der Waals surface area contributed by atoms with Crippen molar-refractivity contribution in [2.75, 3.05) is 11.9 Å². The quantitative estimate of drug-likeness (QED) is 0.438. The van der Waals surface area contributed by atoms with E-state index in [1.165, 1.54) is 12.1 Å². The molecule has 2 aromatic rings. The summed E-state index contributed by atoms with van der Waals surface area (Å²) in [6.07, 6.45) is -0.0234. The molecule has 0 radical (unpaired) electrons. The molecule has 10 heteroatoms. The van der Waals surface area contributed by atoms with Crippen molar-refractivity contribution in [2.45, 2.75) is 13.3 Å². The fourth-order valence-electron chi connectivity index (χ4n) is 1.98. The second-order valence-corrected chi connectivity index (χ2v) is 7.26. The topological polar surface area (TPSA) is 79.8 Å². The van der Waals surface area contributed by atoms with Gasteiger partial charge in [-0.1, -0.05) is 46.4 Å². The molecule has 0 aliphatic carbocycles. The van der Waals surface area contributed by atoms with Crippen LogP contribution in [0.1, 0.15) is 13.3 Å². The molecule has 0 saturated carbocycles. The second kappa shape index (κ2) is 10.5. The Labute approximate surface area is 181 Å². The molecule has 6 nitrogen and oxygen atoms in total. The number of hydrogen-bond acceptors (Lipinski definition) is 4. The number of hydrogen-bond donors (Lipinski definition) is 2. The molecule has 2 amide bonds. The monoisotopic (exact) mass is 461 g/mol. The fraction of sp³-hybridized carbons (Fsp3) is 0.167. The molecule has 0 aliphatic heterocycles. The standard InChI is InChI=1S/C18H15Cl4N3O3/c1-10(6-17(26)23-12-3-4-13(20)14(21)8-12)24-25-18(27)9-28-16-5-2-11(19)7-15(16)22/h2-5,7-8H,6,9H2,1H3,(H,23,26)(H,25,27)/b24-10+. The molecular formula is C18H15Cl4N3O3. The zero-order valence-corrected chi connectivity index (χ0v) is 17.6. The van der Waals surface area contributed by atoms with Crippen molar-refractivity contribution in [1.82, 2.24) is 5.43 Å². The van der Waals surface area contributed by atoms with Gasteiger partial charge < -0.3 is 10.1 Å². The third-order valence-electron chi connectivity index (χ3n) is 3.24. The summed E-state index contributed by atoms with van der Waals surface area (Å²) in [4.78, 5) is 23.8. The number of nitrogens with zero attached hydrogens (tertiary/aromatic N) is 1. The molecule has 0 atom stereocenters. The average molecular weight is 463 g/mol. The van der Waals surface area contributed by atoms with Crippen LogP contribution in [0, 0.1) is 0 Å². The largest absolute Gasteiger partial charge is 0.482 e. The van der Waals surface area contributed by atoms with Crippen LogP contribution < -0.4 is 15.5 Å². The molecule has 28 heavy (non-hydrogen) atoms. The van der Waals surface area contributed by atoms with E-state index in [2.05, 4.69) is 15.8 Å². The van der Waals surface area contributed by atoms with E-state index in [0.29, 0.717) is 37.2 Å². The zero-order valence-electron chi connectivity index (χ0n) is 14.6. The number of carbonyl (C=O) groups is 2. The first-order chi connectivity index (χ1) is 13.2. The van der Waals surface area contributed by atoms with Gasteiger partial charge in [0.15, 0.2) is 6.61 Å². The summed E-state index contributed by atoms with van der Waals surface area (Å²) in [5.74, 6) is -0.503. The van der Waals surface area contributed by atoms with Crippen molar-refractivity contribution in [1.29, 1.82) is 0 Å². The van der Waals surface area contributed by atoms with Gasteiger partial charge in [-0.15, -0.1) is 0 Å². The van der Waals surface area contributed by atoms with Crippen LogP contribution in [-0.4, -0.2) is 24.1 Å². The first-order valence-electron chi connectivity index (χ1n) is 7.89. The van der Waals surface area contributed by atoms with Crippen LogP contribution >= 0.6 is 46.4 Å². The summed E-state index contributed by atoms with van der Waals surface area (Å²) < 4.78 is 5.29. The van der Waals surface area contributed by atoms with Crippen molar-refractivity contribution in [3.63, 3.8) is 0 Å². The van der Waals surface area contributed by atoms with Crippen LogP contribution in [-0.2, 0) is 9.59 Å². The van der Waals surface area contributed by atoms with E-state index in [9.17, 15) is 9.59 Å². The van der Waals surface area contributed by atoms with E-state index in [1.54, 1.807) is 31.2 Å². The SMILES string of the molecule is C/C(CC(=O)Nc1ccc(Cl)c(Cl)c1)=N\NC(=O)COc1ccc(Cl)cc1Cl. The number of nitrogens with one attached hydrogen (secondary N) is 2. The van der Waals surface area contributed by atoms with Gasteiger partial charge >= 0.3 is 0 Å². The molecule has 0 fully saturated rings. The molecule has 0 unspecified atom stereocenters. The molecule has 2 N–H and O–H groups in total. The maximum Gasteiger partial charge on any atom is 0.277 e. The predicted octanol–water partition coefficient (Wildman–Crippen LogP) is 5.20. The number of ether oxygens (including phenoxy) is 1. The van der Waals surface area contributed by atoms with Crippen molar-refractivity contribution in [3.05, 3.63) is 56.5 Å². The summed E-state index contributed by atoms with van der Waals surface area (Å²) in [5.41, 5.74) is 3.21. The van der Waals surface area contributed by atoms with E-state index in [-0.39, 0.29) is 18.9 Å². The van der Waals surface area contributed by atoms with Gasteiger partial charge in [-0.3, -0.25) is 9.59 Å². The lowest BCUT2D eigenvalue weighted by atomic mass is 10.2. The molecule has 148 valence electrons. The Morgan fingerprint density at radius 1 is 0.964 bits per heavy atom. The van der Waals surface area contributed by atoms with E-state index >= 15 is 0 Å². The minimum atomic E-state index is -0.504. The third-order valence-corrected chi connectivity index (χ3v) is 4.51. The lowest BCUT2D eigenvalue weighted by Gasteiger charge is -2.08. The highest BCUT2D eigenvalue weighted by molar-refractivity contribution is 6.42. The minimum Gasteiger partial charge on any atom is -0.482 e. The lowest BCUT2D eigenvalue weighted by Crippen LogP contribution is -2.26. The van der Waals surface area contributed by atoms with Crippen LogP contribution in [0.3, 0.4) is 0 Å². The highest BCUT2D eigenvalue weighted by atomic mass is 35.5. The number of halogens is 4. The van der Waals surface area contributed by atoms with Crippen molar-refractivity contribution >= 4 is 69.6 Å². The number of amides is 2. The maximum absolute atomic E-state index is 12.0. The highest BCUT2D eigenvalue weighted by Gasteiger charge is 2.09. The molecule has 0 aliphatic rings. The summed E-state index contributed by atoms with van der Waals surface area (Å²) in [6.45, 7) is 1.30. The molecule has 0 saturated heterocycles. The number of rotatable bonds is 7. The normalized spacial score (nSPS) is 11.1. The molecule has 2 aromatic carbocycles. The number of carbonyl (C=O) groups excluding carboxylic acids is 2. The van der Waals surface area contributed by atoms with Crippen molar-refractivity contribution in [2.24, 2.45) is 5.10 Å². The van der Waals surface area contributed by atoms with Crippen molar-refractivity contribution in [3.8, 4) is 5.75 Å². The summed E-state index contributed by atoms with van der Waals surface area (Å²) in [5, 5.41) is 7.99. The van der Waals surface area contributed by atoms with E-state index in [1.807, 2.05) is 0 Å². The van der Waals surface area contributed by atoms with Gasteiger partial charge in [-0.05, 0) is 43.3 Å². The lowest BCUT2D eigenvalue weighted by molar-refractivity contribution is -0.123. The number of anilines is 1. The van der Waals surface area contributed by atoms with E-state index in [4.69, 9.17) is 51.1 Å². The second-order valence-electron chi connectivity index (χ2n) is 5.60. The van der Waals surface area contributed by atoms with Crippen molar-refractivity contribution < 1.29 is 14.3 Å². The van der Waals surface area contributed by atoms with Gasteiger partial charge in [-0.25, -0.2) is 5.43 Å². The highest BCUT2D eigenvalue weighted by Crippen LogP contribution is 2.27. The Morgan fingerprint density at radius 2 is 1.71 bits per heavy atom. The van der Waals surface area contributed by atoms with Crippen LogP contribution in [0.25, 0.3) is 0 Å². The molecule has 0 heterocycles. The minimum absolute atomic E-state index is 0.0234. The van der Waals surface area contributed by atoms with Gasteiger partial charge in [0.25, 0.3) is 5.91 Å². The Balaban J connectivity index is 1.79. The Hall–Kier alpha value is -1.99. The first-order valence-corrected chi connectivity index (χ1v) is 9.40. The van der Waals surface area contributed by atoms with Crippen LogP contribution in [0.5, 0.6) is 5.75 Å². The van der Waals surface area contributed by atoms with Gasteiger partial charge in [0.05, 0.1) is 21.5 Å². The molecule has 0 bridgehead atoms. The molecular weight excluding hydrogens is 448 g/mol. The maximum atomic E-state index is 12.0. The summed E-state index contributed by atoms with van der Waals surface area (Å²) in [7, 11) is 0. The fourth-order valence-corrected chi connectivity index (χ4v) is 2.74. The Morgan fingerprint density at radius 3 is 2.39 bits per heavy atom. The number of benzene rings is 2. The first kappa shape index (κ1) is 22.3. The molecule has 0 aromatic heterocycles. The van der Waals surface area contributed by atoms with Gasteiger partial charge in [0.1, 0.15) is 5.75 Å². The molecule has 0 spiro atoms. The Kier molecular flexibility index (Phi) is 8.38. The van der Waals surface area contributed by atoms with Crippen LogP contribution in [0.2, 0.25) is 20.1 Å². The van der Waals surface area contributed by atoms with Gasteiger partial charge in [0.2, 0.25) is 5.91 Å². The van der Waals surface area contributed by atoms with E-state index in [0.717, 1.165) is 0 Å². The van der Waals surface area contributed by atoms with Crippen LogP contribution in [0.15, 0.2) is 41.5 Å². The van der Waals surface area contributed by atoms with E-state index < -0.39 is 5.91 Å². The third kappa shape index (κ3) is 7.20. The Bertz CT molecular complexity index is 919. The smallest absolute Gasteiger partial charge is 0.277 e. The van der Waals surface area contributed by atoms with Gasteiger partial charge in [0, 0.05) is 16.4 Å². The zero-order chi connectivity index (χ0) is 20.7. The molecule has 2 rings (SSSR count). The average Bonchev–Trinajstić information content (AvgIpc) is 2.62. The number of hydrazone groups is 1. The van der Waals surface area contributed by atoms with Gasteiger partial charge in [-0.2, -0.15) is 5.10 Å².